The maximum absolute atomic E-state index is 13.0. The summed E-state index contributed by atoms with van der Waals surface area (Å²) in [5, 5.41) is 7.79. The lowest BCUT2D eigenvalue weighted by atomic mass is 9.99. The van der Waals surface area contributed by atoms with E-state index in [0.717, 1.165) is 0 Å². The van der Waals surface area contributed by atoms with Crippen molar-refractivity contribution in [1.29, 1.82) is 0 Å². The Bertz CT molecular complexity index is 828. The third-order valence-corrected chi connectivity index (χ3v) is 6.01. The second-order valence-electron chi connectivity index (χ2n) is 7.61. The van der Waals surface area contributed by atoms with Gasteiger partial charge in [0.2, 0.25) is 5.91 Å². The average Bonchev–Trinajstić information content (AvgIpc) is 3.27. The van der Waals surface area contributed by atoms with Gasteiger partial charge in [-0.2, -0.15) is 0 Å². The molecule has 1 aliphatic heterocycles. The number of carbonyl (C=O) groups is 3. The highest BCUT2D eigenvalue weighted by molar-refractivity contribution is 7.12. The molecule has 6 nitrogen and oxygen atoms in total. The number of benzene rings is 1. The summed E-state index contributed by atoms with van der Waals surface area (Å²) in [5.41, 5.74) is 0.641. The Morgan fingerprint density at radius 3 is 2.28 bits per heavy atom. The van der Waals surface area contributed by atoms with Crippen LogP contribution in [-0.2, 0) is 4.79 Å². The third-order valence-electron chi connectivity index (χ3n) is 5.14. The van der Waals surface area contributed by atoms with Gasteiger partial charge >= 0.3 is 0 Å². The molecule has 2 N–H and O–H groups in total. The summed E-state index contributed by atoms with van der Waals surface area (Å²) in [5.74, 6) is -0.365. The fourth-order valence-electron chi connectivity index (χ4n) is 3.43. The van der Waals surface area contributed by atoms with Gasteiger partial charge in [-0.15, -0.1) is 11.3 Å². The summed E-state index contributed by atoms with van der Waals surface area (Å²) in [6.07, 6.45) is 1.40. The Hall–Kier alpha value is -2.67. The molecular formula is C22H27N3O3S. The monoisotopic (exact) mass is 413 g/mol. The van der Waals surface area contributed by atoms with Crippen LogP contribution in [0.4, 0.5) is 0 Å². The highest BCUT2D eigenvalue weighted by Crippen LogP contribution is 2.16. The number of thiophene rings is 1. The first-order chi connectivity index (χ1) is 14.0. The molecule has 3 rings (SSSR count). The average molecular weight is 414 g/mol. The van der Waals surface area contributed by atoms with Gasteiger partial charge in [0.05, 0.1) is 4.88 Å². The number of hydrogen-bond acceptors (Lipinski definition) is 4. The number of nitrogens with one attached hydrogen (secondary N) is 2. The first kappa shape index (κ1) is 21.0. The number of nitrogens with zero attached hydrogens (tertiary/aromatic N) is 1. The molecule has 1 aromatic carbocycles. The lowest BCUT2D eigenvalue weighted by Crippen LogP contribution is -2.54. The van der Waals surface area contributed by atoms with Crippen molar-refractivity contribution in [2.75, 3.05) is 13.1 Å². The molecule has 7 heteroatoms. The minimum atomic E-state index is -0.556. The van der Waals surface area contributed by atoms with E-state index in [9.17, 15) is 14.4 Å². The highest BCUT2D eigenvalue weighted by atomic mass is 32.1. The van der Waals surface area contributed by atoms with Gasteiger partial charge in [-0.05, 0) is 42.3 Å². The van der Waals surface area contributed by atoms with Crippen LogP contribution in [0, 0.1) is 5.92 Å². The maximum atomic E-state index is 13.0. The molecule has 1 aliphatic rings. The number of likely N-dealkylation sites (tertiary alicyclic amines) is 1. The fourth-order valence-corrected chi connectivity index (χ4v) is 4.06. The van der Waals surface area contributed by atoms with Gasteiger partial charge in [-0.25, -0.2) is 0 Å². The van der Waals surface area contributed by atoms with Gasteiger partial charge in [0, 0.05) is 24.7 Å². The van der Waals surface area contributed by atoms with E-state index in [1.165, 1.54) is 11.3 Å². The number of amides is 3. The van der Waals surface area contributed by atoms with Crippen molar-refractivity contribution in [3.8, 4) is 0 Å². The zero-order chi connectivity index (χ0) is 20.8. The summed E-state index contributed by atoms with van der Waals surface area (Å²) in [7, 11) is 0. The van der Waals surface area contributed by atoms with Crippen LogP contribution < -0.4 is 10.6 Å². The van der Waals surface area contributed by atoms with E-state index in [4.69, 9.17) is 0 Å². The Morgan fingerprint density at radius 1 is 1.00 bits per heavy atom. The number of piperidine rings is 1. The van der Waals surface area contributed by atoms with Crippen molar-refractivity contribution < 1.29 is 14.4 Å². The molecule has 29 heavy (non-hydrogen) atoms. The van der Waals surface area contributed by atoms with Crippen LogP contribution in [-0.4, -0.2) is 47.8 Å². The van der Waals surface area contributed by atoms with Crippen LogP contribution >= 0.6 is 11.3 Å². The van der Waals surface area contributed by atoms with E-state index in [0.29, 0.717) is 36.4 Å². The first-order valence-corrected chi connectivity index (χ1v) is 10.8. The second kappa shape index (κ2) is 9.69. The summed E-state index contributed by atoms with van der Waals surface area (Å²) in [4.78, 5) is 40.1. The Labute approximate surface area is 175 Å². The minimum Gasteiger partial charge on any atom is -0.349 e. The molecule has 1 atom stereocenters. The molecule has 0 aliphatic carbocycles. The van der Waals surface area contributed by atoms with Crippen molar-refractivity contribution in [2.24, 2.45) is 5.92 Å². The molecule has 0 spiro atoms. The normalized spacial score (nSPS) is 15.8. The molecule has 1 saturated heterocycles. The minimum absolute atomic E-state index is 0.0121. The zero-order valence-electron chi connectivity index (χ0n) is 16.8. The van der Waals surface area contributed by atoms with Gasteiger partial charge in [-0.1, -0.05) is 38.1 Å². The fraction of sp³-hybridized carbons (Fsp3) is 0.409. The van der Waals surface area contributed by atoms with E-state index in [1.807, 2.05) is 43.5 Å². The van der Waals surface area contributed by atoms with E-state index >= 15 is 0 Å². The van der Waals surface area contributed by atoms with Crippen LogP contribution in [0.25, 0.3) is 0 Å². The predicted octanol–water partition coefficient (Wildman–Crippen LogP) is 2.92. The van der Waals surface area contributed by atoms with E-state index in [-0.39, 0.29) is 29.7 Å². The molecule has 0 saturated carbocycles. The molecule has 1 fully saturated rings. The molecular weight excluding hydrogens is 386 g/mol. The van der Waals surface area contributed by atoms with Crippen LogP contribution in [0.1, 0.15) is 46.7 Å². The molecule has 3 amide bonds. The van der Waals surface area contributed by atoms with Crippen molar-refractivity contribution in [3.05, 3.63) is 58.3 Å². The van der Waals surface area contributed by atoms with E-state index in [2.05, 4.69) is 10.6 Å². The number of rotatable bonds is 6. The van der Waals surface area contributed by atoms with Gasteiger partial charge in [-0.3, -0.25) is 14.4 Å². The molecule has 154 valence electrons. The van der Waals surface area contributed by atoms with Crippen molar-refractivity contribution in [2.45, 2.75) is 38.8 Å². The van der Waals surface area contributed by atoms with Crippen molar-refractivity contribution in [3.63, 3.8) is 0 Å². The summed E-state index contributed by atoms with van der Waals surface area (Å²) >= 11 is 1.36. The third kappa shape index (κ3) is 5.44. The SMILES string of the molecule is CC(C)C(NC(=O)c1cccs1)C(=O)N1CCC(NC(=O)c2ccccc2)CC1. The van der Waals surface area contributed by atoms with Gasteiger partial charge in [0.25, 0.3) is 11.8 Å². The van der Waals surface area contributed by atoms with Gasteiger partial charge in [0.15, 0.2) is 0 Å². The van der Waals surface area contributed by atoms with Crippen LogP contribution in [0.15, 0.2) is 47.8 Å². The predicted molar refractivity (Wildman–Crippen MR) is 114 cm³/mol. The zero-order valence-corrected chi connectivity index (χ0v) is 17.6. The molecule has 2 aromatic rings. The van der Waals surface area contributed by atoms with E-state index < -0.39 is 6.04 Å². The van der Waals surface area contributed by atoms with E-state index in [1.54, 1.807) is 23.1 Å². The molecule has 1 unspecified atom stereocenters. The first-order valence-electron chi connectivity index (χ1n) is 9.94. The summed E-state index contributed by atoms with van der Waals surface area (Å²) in [6, 6.07) is 12.2. The molecule has 0 radical (unpaired) electrons. The largest absolute Gasteiger partial charge is 0.349 e. The lowest BCUT2D eigenvalue weighted by molar-refractivity contribution is -0.135. The van der Waals surface area contributed by atoms with Gasteiger partial charge in [0.1, 0.15) is 6.04 Å². The second-order valence-corrected chi connectivity index (χ2v) is 8.56. The van der Waals surface area contributed by atoms with Crippen LogP contribution in [0.5, 0.6) is 0 Å². The lowest BCUT2D eigenvalue weighted by Gasteiger charge is -2.35. The quantitative estimate of drug-likeness (QED) is 0.764. The molecule has 0 bridgehead atoms. The Morgan fingerprint density at radius 2 is 1.69 bits per heavy atom. The topological polar surface area (TPSA) is 78.5 Å². The summed E-state index contributed by atoms with van der Waals surface area (Å²) < 4.78 is 0. The highest BCUT2D eigenvalue weighted by Gasteiger charge is 2.32. The standard InChI is InChI=1S/C22H27N3O3S/c1-15(2)19(24-21(27)18-9-6-14-29-18)22(28)25-12-10-17(11-13-25)23-20(26)16-7-4-3-5-8-16/h3-9,14-15,17,19H,10-13H2,1-2H3,(H,23,26)(H,24,27). The van der Waals surface area contributed by atoms with Crippen molar-refractivity contribution in [1.82, 2.24) is 15.5 Å². The smallest absolute Gasteiger partial charge is 0.262 e. The molecule has 2 heterocycles. The van der Waals surface area contributed by atoms with Crippen molar-refractivity contribution >= 4 is 29.1 Å². The number of carbonyl (C=O) groups excluding carboxylic acids is 3. The summed E-state index contributed by atoms with van der Waals surface area (Å²) in [6.45, 7) is 5.00. The Kier molecular flexibility index (Phi) is 7.04. The van der Waals surface area contributed by atoms with Crippen LogP contribution in [0.3, 0.4) is 0 Å². The van der Waals surface area contributed by atoms with Gasteiger partial charge < -0.3 is 15.5 Å². The molecule has 1 aromatic heterocycles. The van der Waals surface area contributed by atoms with Crippen LogP contribution in [0.2, 0.25) is 0 Å². The maximum Gasteiger partial charge on any atom is 0.262 e. The number of hydrogen-bond donors (Lipinski definition) is 2. The Balaban J connectivity index is 1.53.